The molecule has 0 aliphatic carbocycles. The Morgan fingerprint density at radius 2 is 0.722 bits per heavy atom. The Bertz CT molecular complexity index is 267. The minimum absolute atomic E-state index is 0. The SMILES string of the molecule is C=C.C=C.N.N.Oc1c(Cl)c(Cl)c(Cl)c(Cl)c1Cl. The molecule has 0 spiro atoms. The van der Waals surface area contributed by atoms with E-state index >= 15 is 0 Å². The molecule has 0 saturated heterocycles. The lowest BCUT2D eigenvalue weighted by atomic mass is 10.3. The summed E-state index contributed by atoms with van der Waals surface area (Å²) in [5.74, 6) is -0.363. The van der Waals surface area contributed by atoms with Crippen LogP contribution in [0, 0.1) is 0 Å². The van der Waals surface area contributed by atoms with Crippen LogP contribution in [0.2, 0.25) is 25.1 Å². The molecule has 0 aromatic heterocycles. The normalized spacial score (nSPS) is 7.39. The zero-order valence-corrected chi connectivity index (χ0v) is 13.4. The zero-order valence-electron chi connectivity index (χ0n) is 9.58. The number of phenolic OH excluding ortho intramolecular Hbond substituents is 1. The molecule has 3 nitrogen and oxygen atoms in total. The van der Waals surface area contributed by atoms with Gasteiger partial charge >= 0.3 is 0 Å². The molecule has 0 radical (unpaired) electrons. The lowest BCUT2D eigenvalue weighted by Crippen LogP contribution is -1.78. The van der Waals surface area contributed by atoms with E-state index in [1.54, 1.807) is 0 Å². The van der Waals surface area contributed by atoms with E-state index in [4.69, 9.17) is 58.0 Å². The standard InChI is InChI=1S/C6HCl5O.2C2H4.2H3N/c7-1-2(8)4(10)6(12)5(11)3(1)9;2*1-2;;/h12H;2*1-2H2;2*1H3. The Hall–Kier alpha value is -0.130. The summed E-state index contributed by atoms with van der Waals surface area (Å²) in [6, 6.07) is 0. The maximum Gasteiger partial charge on any atom is 0.155 e. The lowest BCUT2D eigenvalue weighted by molar-refractivity contribution is 0.476. The molecular formula is C10H15Cl5N2O. The summed E-state index contributed by atoms with van der Waals surface area (Å²) in [4.78, 5) is 0. The second-order valence-corrected chi connectivity index (χ2v) is 3.81. The number of halogens is 5. The molecule has 0 heterocycles. The van der Waals surface area contributed by atoms with Gasteiger partial charge in [-0.15, -0.1) is 26.3 Å². The highest BCUT2D eigenvalue weighted by molar-refractivity contribution is 6.55. The van der Waals surface area contributed by atoms with Crippen LogP contribution in [0.3, 0.4) is 0 Å². The maximum absolute atomic E-state index is 9.20. The van der Waals surface area contributed by atoms with Gasteiger partial charge in [-0.25, -0.2) is 0 Å². The fourth-order valence-corrected chi connectivity index (χ4v) is 1.72. The van der Waals surface area contributed by atoms with Crippen LogP contribution in [0.15, 0.2) is 26.3 Å². The summed E-state index contributed by atoms with van der Waals surface area (Å²) < 4.78 is 0. The van der Waals surface area contributed by atoms with Gasteiger partial charge in [0.25, 0.3) is 0 Å². The Morgan fingerprint density at radius 1 is 0.556 bits per heavy atom. The van der Waals surface area contributed by atoms with Crippen molar-refractivity contribution in [3.8, 4) is 5.75 Å². The van der Waals surface area contributed by atoms with E-state index in [0.29, 0.717) is 0 Å². The first kappa shape index (κ1) is 26.4. The Kier molecular flexibility index (Phi) is 19.5. The number of rotatable bonds is 0. The van der Waals surface area contributed by atoms with Crippen molar-refractivity contribution in [2.75, 3.05) is 0 Å². The predicted octanol–water partition coefficient (Wildman–Crippen LogP) is 6.59. The van der Waals surface area contributed by atoms with Crippen molar-refractivity contribution in [2.45, 2.75) is 0 Å². The van der Waals surface area contributed by atoms with Crippen molar-refractivity contribution in [1.29, 1.82) is 0 Å². The number of hydrogen-bond donors (Lipinski definition) is 3. The topological polar surface area (TPSA) is 90.2 Å². The molecule has 106 valence electrons. The zero-order chi connectivity index (χ0) is 13.5. The van der Waals surface area contributed by atoms with Crippen LogP contribution < -0.4 is 12.3 Å². The molecule has 0 bridgehead atoms. The molecule has 1 aromatic rings. The minimum Gasteiger partial charge on any atom is -0.505 e. The number of benzene rings is 1. The van der Waals surface area contributed by atoms with Crippen LogP contribution in [-0.2, 0) is 0 Å². The molecule has 18 heavy (non-hydrogen) atoms. The lowest BCUT2D eigenvalue weighted by Gasteiger charge is -2.06. The predicted molar refractivity (Wildman–Crippen MR) is 85.7 cm³/mol. The Labute approximate surface area is 132 Å². The van der Waals surface area contributed by atoms with Crippen molar-refractivity contribution >= 4 is 58.0 Å². The third-order valence-electron chi connectivity index (χ3n) is 1.19. The highest BCUT2D eigenvalue weighted by Gasteiger charge is 2.17. The van der Waals surface area contributed by atoms with Gasteiger partial charge in [-0.2, -0.15) is 0 Å². The van der Waals surface area contributed by atoms with Gasteiger partial charge < -0.3 is 17.4 Å². The summed E-state index contributed by atoms with van der Waals surface area (Å²) in [6.07, 6.45) is 0. The third-order valence-corrected chi connectivity index (χ3v) is 3.44. The average molecular weight is 357 g/mol. The molecule has 7 N–H and O–H groups in total. The van der Waals surface area contributed by atoms with Gasteiger partial charge in [0.15, 0.2) is 5.75 Å². The number of hydrogen-bond acceptors (Lipinski definition) is 3. The first-order chi connectivity index (χ1) is 7.46. The highest BCUT2D eigenvalue weighted by atomic mass is 35.5. The van der Waals surface area contributed by atoms with E-state index in [1.165, 1.54) is 0 Å². The molecule has 1 aromatic carbocycles. The summed E-state index contributed by atoms with van der Waals surface area (Å²) >= 11 is 27.9. The fraction of sp³-hybridized carbons (Fsp3) is 0. The van der Waals surface area contributed by atoms with Crippen LogP contribution in [0.1, 0.15) is 0 Å². The molecule has 8 heteroatoms. The van der Waals surface area contributed by atoms with Crippen LogP contribution in [-0.4, -0.2) is 5.11 Å². The molecule has 1 rings (SSSR count). The molecule has 0 saturated carbocycles. The quantitative estimate of drug-likeness (QED) is 0.278. The van der Waals surface area contributed by atoms with E-state index < -0.39 is 0 Å². The van der Waals surface area contributed by atoms with Crippen molar-refractivity contribution in [3.63, 3.8) is 0 Å². The van der Waals surface area contributed by atoms with Gasteiger partial charge in [0.1, 0.15) is 10.0 Å². The Balaban J connectivity index is -0.000000149. The summed E-state index contributed by atoms with van der Waals surface area (Å²) in [5.41, 5.74) is 0. The summed E-state index contributed by atoms with van der Waals surface area (Å²) in [7, 11) is 0. The maximum atomic E-state index is 9.20. The molecule has 0 atom stereocenters. The molecule has 0 unspecified atom stereocenters. The van der Waals surface area contributed by atoms with Crippen LogP contribution in [0.4, 0.5) is 0 Å². The van der Waals surface area contributed by atoms with E-state index in [-0.39, 0.29) is 43.2 Å². The second-order valence-electron chi connectivity index (χ2n) is 1.92. The highest BCUT2D eigenvalue weighted by Crippen LogP contribution is 2.47. The van der Waals surface area contributed by atoms with Gasteiger partial charge in [0.2, 0.25) is 0 Å². The van der Waals surface area contributed by atoms with Gasteiger partial charge in [0, 0.05) is 0 Å². The van der Waals surface area contributed by atoms with E-state index in [2.05, 4.69) is 26.3 Å². The minimum atomic E-state index is -0.363. The summed E-state index contributed by atoms with van der Waals surface area (Å²) in [5, 5.41) is 9.01. The molecule has 0 aliphatic heterocycles. The van der Waals surface area contributed by atoms with Crippen LogP contribution >= 0.6 is 58.0 Å². The monoisotopic (exact) mass is 354 g/mol. The number of phenols is 1. The van der Waals surface area contributed by atoms with Gasteiger partial charge in [-0.05, 0) is 0 Å². The summed E-state index contributed by atoms with van der Waals surface area (Å²) in [6.45, 7) is 12.0. The van der Waals surface area contributed by atoms with Crippen molar-refractivity contribution in [3.05, 3.63) is 51.4 Å². The average Bonchev–Trinajstić information content (AvgIpc) is 2.36. The van der Waals surface area contributed by atoms with Gasteiger partial charge in [-0.3, -0.25) is 0 Å². The smallest absolute Gasteiger partial charge is 0.155 e. The van der Waals surface area contributed by atoms with Crippen LogP contribution in [0.25, 0.3) is 0 Å². The van der Waals surface area contributed by atoms with Crippen LogP contribution in [0.5, 0.6) is 5.75 Å². The van der Waals surface area contributed by atoms with Crippen molar-refractivity contribution in [1.82, 2.24) is 12.3 Å². The largest absolute Gasteiger partial charge is 0.505 e. The second kappa shape index (κ2) is 13.3. The fourth-order valence-electron chi connectivity index (χ4n) is 0.593. The first-order valence-electron chi connectivity index (χ1n) is 3.67. The van der Waals surface area contributed by atoms with Crippen molar-refractivity contribution in [2.24, 2.45) is 0 Å². The first-order valence-corrected chi connectivity index (χ1v) is 5.56. The molecule has 0 amide bonds. The molecule has 0 aliphatic rings. The van der Waals surface area contributed by atoms with Gasteiger partial charge in [-0.1, -0.05) is 58.0 Å². The van der Waals surface area contributed by atoms with E-state index in [0.717, 1.165) is 0 Å². The molecular weight excluding hydrogens is 341 g/mol. The van der Waals surface area contributed by atoms with E-state index in [9.17, 15) is 5.11 Å². The van der Waals surface area contributed by atoms with Gasteiger partial charge in [0.05, 0.1) is 15.1 Å². The third kappa shape index (κ3) is 6.16. The van der Waals surface area contributed by atoms with Crippen molar-refractivity contribution < 1.29 is 5.11 Å². The Morgan fingerprint density at radius 3 is 0.944 bits per heavy atom. The molecule has 0 fully saturated rings. The van der Waals surface area contributed by atoms with E-state index in [1.807, 2.05) is 0 Å². The number of aromatic hydroxyl groups is 1.